The van der Waals surface area contributed by atoms with Crippen LogP contribution in [0.15, 0.2) is 0 Å². The Labute approximate surface area is 463 Å². The normalized spacial score (nSPS) is 8.10. The maximum atomic E-state index is 10.1. The molecule has 0 aliphatic carbocycles. The van der Waals surface area contributed by atoms with Gasteiger partial charge in [-0.1, -0.05) is 0 Å². The average molecular weight is 1370 g/mol. The van der Waals surface area contributed by atoms with Gasteiger partial charge in [0.1, 0.15) is 16.8 Å². The third-order valence-electron chi connectivity index (χ3n) is 3.76. The van der Waals surface area contributed by atoms with Crippen molar-refractivity contribution in [2.45, 2.75) is 55.3 Å². The van der Waals surface area contributed by atoms with E-state index in [1.165, 1.54) is 0 Å². The molecule has 0 bridgehead atoms. The summed E-state index contributed by atoms with van der Waals surface area (Å²) in [6.45, 7) is 0. The Morgan fingerprint density at radius 3 is 0.357 bits per heavy atom. The molecule has 0 aromatic rings. The predicted octanol–water partition coefficient (Wildman–Crippen LogP) is -31.7. The number of carboxylic acid groups (broad SMARTS) is 15. The van der Waals surface area contributed by atoms with Crippen molar-refractivity contribution in [2.75, 3.05) is 0 Å². The van der Waals surface area contributed by atoms with Crippen molar-refractivity contribution in [3.05, 3.63) is 0 Å². The van der Waals surface area contributed by atoms with Gasteiger partial charge in [0, 0.05) is 102 Å². The molecular weight excluding hydrogens is 1350 g/mol. The number of rotatable bonds is 15. The maximum Gasteiger partial charge on any atom is 3.00 e. The van der Waals surface area contributed by atoms with Gasteiger partial charge in [-0.25, -0.2) is 0 Å². The van der Waals surface area contributed by atoms with Gasteiger partial charge in [0.25, 0.3) is 0 Å². The summed E-state index contributed by atoms with van der Waals surface area (Å²) in [4.78, 5) is 166. The van der Waals surface area contributed by atoms with Crippen LogP contribution in [0.25, 0.3) is 0 Å². The first-order valence-electron chi connectivity index (χ1n) is 13.0. The van der Waals surface area contributed by atoms with Crippen molar-refractivity contribution in [3.63, 3.8) is 0 Å². The Balaban J connectivity index is -0.0000000349. The summed E-state index contributed by atoms with van der Waals surface area (Å²) in [5.41, 5.74) is -8.92. The first-order chi connectivity index (χ1) is 27.7. The van der Waals surface area contributed by atoms with Crippen LogP contribution in [0.2, 0.25) is 0 Å². The van der Waals surface area contributed by atoms with E-state index in [1.807, 2.05) is 0 Å². The second-order valence-corrected chi connectivity index (χ2v) is 10.2. The van der Waals surface area contributed by atoms with Crippen LogP contribution < -0.4 is 105 Å². The van der Waals surface area contributed by atoms with Crippen LogP contribution in [0.3, 0.4) is 0 Å². The molecule has 401 valence electrons. The topological polar surface area (TPSA) is 801 Å². The van der Waals surface area contributed by atoms with Gasteiger partial charge >= 0.3 is 119 Å². The SMILES string of the molecule is O=C([O-])CC(O)(CC(=O)[O-])C(=O)[O-].O=C([O-])CC(O)(CC(=O)[O-])C(=O)[O-].O=C([O-])CC(O)(CC(=O)[O-])C(=O)[O-].O=C([O-])[O-].O=C([O-])[O-].O=C([O-])[O-].O=[Si]([O-])[O-].O=[Si]([O-])[O-].O=[Si]([O-])[O-].[Fe+3].[Fe+3].[Fe+3].[Fe+3].[Fe+3].[Fe+3].[Fe+3]. The van der Waals surface area contributed by atoms with Crippen LogP contribution in [-0.2, 0) is 176 Å². The smallest absolute Gasteiger partial charge is 0.672 e. The number of carbonyl (C=O) groups is 12. The van der Waals surface area contributed by atoms with Gasteiger partial charge in [0.05, 0.1) is 17.9 Å². The molecule has 0 rings (SSSR count). The standard InChI is InChI=1S/3C6H8O7.3CH2O3.7Fe.3O3Si/c3*7-3(8)1-6(13,5(11)12)2-4(9)10;3*2-1(3)4;;;;;;;;3*1-4(2)3/h3*13H,1-2H2,(H,7,8)(H,9,10)(H,11,12);3*(H2,2,3,4);;;;;;;;;;/q;;;;;;7*+3;3*-2/p-15. The Kier molecular flexibility index (Phi) is 99.1. The summed E-state index contributed by atoms with van der Waals surface area (Å²) < 4.78 is 25.6. The van der Waals surface area contributed by atoms with Gasteiger partial charge in [-0.15, -0.1) is 0 Å². The molecule has 0 spiro atoms. The third kappa shape index (κ3) is 131. The molecule has 0 saturated carbocycles. The van der Waals surface area contributed by atoms with E-state index in [0.29, 0.717) is 0 Å². The second-order valence-electron chi connectivity index (χ2n) is 8.75. The molecule has 0 aliphatic heterocycles. The largest absolute Gasteiger partial charge is 3.00 e. The molecule has 39 nitrogen and oxygen atoms in total. The third-order valence-corrected chi connectivity index (χ3v) is 3.76. The number of hydrogen-bond donors (Lipinski definition) is 3. The van der Waals surface area contributed by atoms with E-state index in [2.05, 4.69) is 0 Å². The Bertz CT molecular complexity index is 1310. The summed E-state index contributed by atoms with van der Waals surface area (Å²) >= 11 is 0. The van der Waals surface area contributed by atoms with Gasteiger partial charge in [0.2, 0.25) is 0 Å². The van der Waals surface area contributed by atoms with Gasteiger partial charge in [-0.2, -0.15) is 0 Å². The van der Waals surface area contributed by atoms with Crippen molar-refractivity contribution in [2.24, 2.45) is 0 Å². The molecule has 0 aromatic carbocycles. The molecule has 0 atom stereocenters. The van der Waals surface area contributed by atoms with E-state index in [-0.39, 0.29) is 119 Å². The first kappa shape index (κ1) is 111. The minimum atomic E-state index is -3.63. The van der Waals surface area contributed by atoms with Crippen molar-refractivity contribution < 1.29 is 311 Å². The molecule has 70 heavy (non-hydrogen) atoms. The van der Waals surface area contributed by atoms with E-state index in [4.69, 9.17) is 103 Å². The molecule has 0 aliphatic rings. The fourth-order valence-electron chi connectivity index (χ4n) is 2.05. The maximum absolute atomic E-state index is 10.1. The molecule has 7 radical (unpaired) electrons. The molecule has 0 aromatic heterocycles. The minimum Gasteiger partial charge on any atom is -0.672 e. The van der Waals surface area contributed by atoms with E-state index < -0.39 is 155 Å². The van der Waals surface area contributed by atoms with Crippen molar-refractivity contribution in [1.29, 1.82) is 0 Å². The van der Waals surface area contributed by atoms with Crippen LogP contribution in [0.5, 0.6) is 0 Å². The zero-order valence-corrected chi connectivity index (χ0v) is 42.5. The van der Waals surface area contributed by atoms with Crippen LogP contribution in [0, 0.1) is 0 Å². The zero-order chi connectivity index (χ0) is 53.4. The summed E-state index contributed by atoms with van der Waals surface area (Å²) in [7, 11) is -10.9. The second kappa shape index (κ2) is 62.4. The molecule has 0 saturated heterocycles. The number of hydrogen-bond acceptors (Lipinski definition) is 39. The Hall–Kier alpha value is -4.59. The molecule has 0 heterocycles. The van der Waals surface area contributed by atoms with Gasteiger partial charge in [0.15, 0.2) is 0 Å². The number of carboxylic acids is 9. The van der Waals surface area contributed by atoms with Crippen LogP contribution in [0.4, 0.5) is 14.4 Å². The molecule has 0 amide bonds. The summed E-state index contributed by atoms with van der Waals surface area (Å²) in [6, 6.07) is 0. The van der Waals surface area contributed by atoms with Crippen molar-refractivity contribution in [1.82, 2.24) is 0 Å². The monoisotopic (exact) mass is 1370 g/mol. The van der Waals surface area contributed by atoms with E-state index in [9.17, 15) is 89.1 Å². The average Bonchev–Trinajstić information content (AvgIpc) is 2.93. The summed E-state index contributed by atoms with van der Waals surface area (Å²) in [5.74, 6) is -18.0. The fraction of sp³-hybridized carbons (Fsp3) is 0.429. The summed E-state index contributed by atoms with van der Waals surface area (Å²) in [6.07, 6.45) is -15.1. The molecule has 0 unspecified atom stereocenters. The molecule has 0 fully saturated rings. The van der Waals surface area contributed by atoms with E-state index in [1.54, 1.807) is 0 Å². The minimum absolute atomic E-state index is 0. The Morgan fingerprint density at radius 1 is 0.271 bits per heavy atom. The Morgan fingerprint density at radius 2 is 0.329 bits per heavy atom. The fourth-order valence-corrected chi connectivity index (χ4v) is 2.05. The quantitative estimate of drug-likeness (QED) is 0.128. The van der Waals surface area contributed by atoms with Gasteiger partial charge in [-0.3, -0.25) is 0 Å². The zero-order valence-electron chi connectivity index (χ0n) is 31.8. The van der Waals surface area contributed by atoms with Crippen molar-refractivity contribution >= 4 is 99.7 Å². The molecular formula is C21H15Fe7O39Si3. The van der Waals surface area contributed by atoms with Gasteiger partial charge < -0.3 is 192 Å². The molecule has 49 heteroatoms. The van der Waals surface area contributed by atoms with E-state index >= 15 is 0 Å². The van der Waals surface area contributed by atoms with Gasteiger partial charge in [-0.05, 0) is 18.5 Å². The number of aliphatic carboxylic acids is 9. The predicted molar refractivity (Wildman–Crippen MR) is 123 cm³/mol. The van der Waals surface area contributed by atoms with Crippen LogP contribution in [-0.4, -0.2) is 132 Å². The van der Waals surface area contributed by atoms with Crippen LogP contribution >= 0.6 is 0 Å². The number of aliphatic hydroxyl groups is 3. The summed E-state index contributed by atoms with van der Waals surface area (Å²) in [5, 5.41) is 167. The van der Waals surface area contributed by atoms with E-state index in [0.717, 1.165) is 0 Å². The first-order valence-corrected chi connectivity index (χ1v) is 16.7. The van der Waals surface area contributed by atoms with Crippen molar-refractivity contribution in [3.8, 4) is 0 Å². The number of carbonyl (C=O) groups excluding carboxylic acids is 12. The van der Waals surface area contributed by atoms with Crippen LogP contribution in [0.1, 0.15) is 38.5 Å². The molecule has 3 N–H and O–H groups in total.